The fourth-order valence-electron chi connectivity index (χ4n) is 1.32. The predicted octanol–water partition coefficient (Wildman–Crippen LogP) is 2.59. The number of anilines is 1. The Hall–Kier alpha value is -1.36. The second kappa shape index (κ2) is 6.00. The van der Waals surface area contributed by atoms with Crippen molar-refractivity contribution in [2.75, 3.05) is 11.9 Å². The second-order valence-corrected chi connectivity index (χ2v) is 5.40. The van der Waals surface area contributed by atoms with Crippen molar-refractivity contribution < 1.29 is 9.18 Å². The SMILES string of the molecule is CC(C)(C)NC(=O)CCNc1ncc(Cl)cc1F. The standard InChI is InChI=1S/C12H17ClFN3O/c1-12(2,3)17-10(18)4-5-15-11-9(14)6-8(13)7-16-11/h6-7H,4-5H2,1-3H3,(H,15,16)(H,17,18). The summed E-state index contributed by atoms with van der Waals surface area (Å²) < 4.78 is 13.3. The first-order valence-corrected chi connectivity index (χ1v) is 6.01. The Balaban J connectivity index is 2.40. The van der Waals surface area contributed by atoms with E-state index < -0.39 is 5.82 Å². The fraction of sp³-hybridized carbons (Fsp3) is 0.500. The third-order valence-electron chi connectivity index (χ3n) is 1.97. The van der Waals surface area contributed by atoms with Crippen LogP contribution in [0.5, 0.6) is 0 Å². The topological polar surface area (TPSA) is 54.0 Å². The van der Waals surface area contributed by atoms with Crippen LogP contribution >= 0.6 is 11.6 Å². The molecular formula is C12H17ClFN3O. The summed E-state index contributed by atoms with van der Waals surface area (Å²) in [5.41, 5.74) is -0.263. The molecule has 0 aromatic carbocycles. The predicted molar refractivity (Wildman–Crippen MR) is 70.2 cm³/mol. The normalized spacial score (nSPS) is 11.2. The van der Waals surface area contributed by atoms with Gasteiger partial charge in [0.25, 0.3) is 0 Å². The van der Waals surface area contributed by atoms with E-state index in [-0.39, 0.29) is 28.7 Å². The van der Waals surface area contributed by atoms with Crippen LogP contribution in [0.3, 0.4) is 0 Å². The average molecular weight is 274 g/mol. The van der Waals surface area contributed by atoms with E-state index in [4.69, 9.17) is 11.6 Å². The number of hydrogen-bond acceptors (Lipinski definition) is 3. The summed E-state index contributed by atoms with van der Waals surface area (Å²) in [6.07, 6.45) is 1.60. The molecule has 0 atom stereocenters. The molecule has 0 spiro atoms. The molecule has 0 saturated carbocycles. The molecule has 0 aliphatic heterocycles. The third kappa shape index (κ3) is 5.31. The van der Waals surface area contributed by atoms with E-state index in [0.29, 0.717) is 6.54 Å². The molecule has 100 valence electrons. The highest BCUT2D eigenvalue weighted by atomic mass is 35.5. The van der Waals surface area contributed by atoms with Gasteiger partial charge in [-0.2, -0.15) is 0 Å². The minimum absolute atomic E-state index is 0.0932. The molecule has 1 amide bonds. The van der Waals surface area contributed by atoms with Crippen molar-refractivity contribution >= 4 is 23.3 Å². The van der Waals surface area contributed by atoms with Crippen LogP contribution in [0.15, 0.2) is 12.3 Å². The summed E-state index contributed by atoms with van der Waals surface area (Å²) in [6, 6.07) is 1.17. The van der Waals surface area contributed by atoms with Crippen molar-refractivity contribution in [2.24, 2.45) is 0 Å². The lowest BCUT2D eigenvalue weighted by molar-refractivity contribution is -0.122. The molecule has 0 saturated heterocycles. The second-order valence-electron chi connectivity index (χ2n) is 4.96. The van der Waals surface area contributed by atoms with Crippen LogP contribution in [-0.2, 0) is 4.79 Å². The maximum absolute atomic E-state index is 13.3. The summed E-state index contributed by atoms with van der Waals surface area (Å²) in [5.74, 6) is -0.522. The molecule has 0 bridgehead atoms. The summed E-state index contributed by atoms with van der Waals surface area (Å²) in [5, 5.41) is 5.81. The van der Waals surface area contributed by atoms with Crippen molar-refractivity contribution in [2.45, 2.75) is 32.7 Å². The number of aromatic nitrogens is 1. The van der Waals surface area contributed by atoms with Crippen molar-refractivity contribution in [1.29, 1.82) is 0 Å². The van der Waals surface area contributed by atoms with Crippen LogP contribution in [0.1, 0.15) is 27.2 Å². The smallest absolute Gasteiger partial charge is 0.222 e. The van der Waals surface area contributed by atoms with Gasteiger partial charge in [-0.15, -0.1) is 0 Å². The van der Waals surface area contributed by atoms with Crippen molar-refractivity contribution in [1.82, 2.24) is 10.3 Å². The van der Waals surface area contributed by atoms with E-state index in [9.17, 15) is 9.18 Å². The number of nitrogens with zero attached hydrogens (tertiary/aromatic N) is 1. The van der Waals surface area contributed by atoms with Gasteiger partial charge in [-0.05, 0) is 26.8 Å². The van der Waals surface area contributed by atoms with Gasteiger partial charge in [-0.3, -0.25) is 4.79 Å². The molecule has 6 heteroatoms. The van der Waals surface area contributed by atoms with Crippen molar-refractivity contribution in [3.8, 4) is 0 Å². The van der Waals surface area contributed by atoms with Crippen LogP contribution in [0.4, 0.5) is 10.2 Å². The molecule has 1 aromatic heterocycles. The highest BCUT2D eigenvalue weighted by Crippen LogP contribution is 2.15. The Bertz CT molecular complexity index is 432. The van der Waals surface area contributed by atoms with Crippen LogP contribution < -0.4 is 10.6 Å². The molecule has 1 rings (SSSR count). The van der Waals surface area contributed by atoms with Gasteiger partial charge in [-0.1, -0.05) is 11.6 Å². The maximum atomic E-state index is 13.3. The number of amides is 1. The lowest BCUT2D eigenvalue weighted by Gasteiger charge is -2.20. The molecular weight excluding hydrogens is 257 g/mol. The zero-order valence-corrected chi connectivity index (χ0v) is 11.4. The summed E-state index contributed by atoms with van der Waals surface area (Å²) >= 11 is 5.58. The first-order chi connectivity index (χ1) is 8.28. The average Bonchev–Trinajstić information content (AvgIpc) is 2.18. The summed E-state index contributed by atoms with van der Waals surface area (Å²) in [7, 11) is 0. The van der Waals surface area contributed by atoms with Gasteiger partial charge in [0.15, 0.2) is 11.6 Å². The lowest BCUT2D eigenvalue weighted by Crippen LogP contribution is -2.41. The maximum Gasteiger partial charge on any atom is 0.222 e. The quantitative estimate of drug-likeness (QED) is 0.887. The highest BCUT2D eigenvalue weighted by molar-refractivity contribution is 6.30. The van der Waals surface area contributed by atoms with Crippen LogP contribution in [0, 0.1) is 5.82 Å². The zero-order valence-electron chi connectivity index (χ0n) is 10.7. The first-order valence-electron chi connectivity index (χ1n) is 5.64. The zero-order chi connectivity index (χ0) is 13.8. The molecule has 0 radical (unpaired) electrons. The van der Waals surface area contributed by atoms with Gasteiger partial charge in [0, 0.05) is 24.7 Å². The number of hydrogen-bond donors (Lipinski definition) is 2. The Morgan fingerprint density at radius 3 is 2.72 bits per heavy atom. The molecule has 18 heavy (non-hydrogen) atoms. The van der Waals surface area contributed by atoms with Crippen LogP contribution in [-0.4, -0.2) is 23.0 Å². The van der Waals surface area contributed by atoms with E-state index in [1.807, 2.05) is 20.8 Å². The number of rotatable bonds is 4. The van der Waals surface area contributed by atoms with Crippen molar-refractivity contribution in [3.63, 3.8) is 0 Å². The minimum Gasteiger partial charge on any atom is -0.367 e. The van der Waals surface area contributed by atoms with Gasteiger partial charge >= 0.3 is 0 Å². The molecule has 0 fully saturated rings. The number of carbonyl (C=O) groups excluding carboxylic acids is 1. The Kier molecular flexibility index (Phi) is 4.90. The van der Waals surface area contributed by atoms with Gasteiger partial charge < -0.3 is 10.6 Å². The largest absolute Gasteiger partial charge is 0.367 e. The Labute approximate surface area is 111 Å². The third-order valence-corrected chi connectivity index (χ3v) is 2.17. The van der Waals surface area contributed by atoms with Gasteiger partial charge in [0.2, 0.25) is 5.91 Å². The van der Waals surface area contributed by atoms with Gasteiger partial charge in [-0.25, -0.2) is 9.37 Å². The fourth-order valence-corrected chi connectivity index (χ4v) is 1.46. The molecule has 4 nitrogen and oxygen atoms in total. The molecule has 1 heterocycles. The van der Waals surface area contributed by atoms with Gasteiger partial charge in [0.1, 0.15) is 0 Å². The van der Waals surface area contributed by atoms with E-state index in [0.717, 1.165) is 0 Å². The summed E-state index contributed by atoms with van der Waals surface area (Å²) in [6.45, 7) is 6.02. The van der Waals surface area contributed by atoms with E-state index >= 15 is 0 Å². The van der Waals surface area contributed by atoms with Gasteiger partial charge in [0.05, 0.1) is 5.02 Å². The van der Waals surface area contributed by atoms with E-state index in [1.165, 1.54) is 12.3 Å². The van der Waals surface area contributed by atoms with Crippen LogP contribution in [0.2, 0.25) is 5.02 Å². The Morgan fingerprint density at radius 2 is 2.17 bits per heavy atom. The van der Waals surface area contributed by atoms with E-state index in [2.05, 4.69) is 15.6 Å². The van der Waals surface area contributed by atoms with Crippen LogP contribution in [0.25, 0.3) is 0 Å². The number of halogens is 2. The molecule has 0 aliphatic carbocycles. The van der Waals surface area contributed by atoms with Crippen molar-refractivity contribution in [3.05, 3.63) is 23.1 Å². The molecule has 0 aliphatic rings. The molecule has 0 unspecified atom stereocenters. The monoisotopic (exact) mass is 273 g/mol. The Morgan fingerprint density at radius 1 is 1.50 bits per heavy atom. The highest BCUT2D eigenvalue weighted by Gasteiger charge is 2.13. The summed E-state index contributed by atoms with van der Waals surface area (Å²) in [4.78, 5) is 15.3. The minimum atomic E-state index is -0.529. The van der Waals surface area contributed by atoms with E-state index in [1.54, 1.807) is 0 Å². The molecule has 1 aromatic rings. The number of carbonyl (C=O) groups is 1. The first kappa shape index (κ1) is 14.7. The number of pyridine rings is 1. The molecule has 2 N–H and O–H groups in total. The lowest BCUT2D eigenvalue weighted by atomic mass is 10.1. The number of nitrogens with one attached hydrogen (secondary N) is 2.